The molecule has 2 rings (SSSR count). The van der Waals surface area contributed by atoms with Gasteiger partial charge in [-0.25, -0.2) is 9.78 Å². The molecule has 6 nitrogen and oxygen atoms in total. The maximum atomic E-state index is 11.0. The fourth-order valence-corrected chi connectivity index (χ4v) is 2.29. The van der Waals surface area contributed by atoms with E-state index in [-0.39, 0.29) is 11.4 Å². The van der Waals surface area contributed by atoms with Gasteiger partial charge in [0.1, 0.15) is 5.69 Å². The number of hydrogen-bond donors (Lipinski definition) is 2. The molecule has 2 aromatic heterocycles. The van der Waals surface area contributed by atoms with E-state index in [2.05, 4.69) is 10.1 Å². The van der Waals surface area contributed by atoms with Crippen LogP contribution in [0.15, 0.2) is 5.51 Å². The molecular weight excluding hydrogens is 228 g/mol. The van der Waals surface area contributed by atoms with Crippen molar-refractivity contribution in [3.63, 3.8) is 0 Å². The maximum Gasteiger partial charge on any atom is 0.356 e. The zero-order valence-electron chi connectivity index (χ0n) is 8.76. The van der Waals surface area contributed by atoms with Gasteiger partial charge in [-0.1, -0.05) is 0 Å². The minimum Gasteiger partial charge on any atom is -0.476 e. The number of aromatic nitrogens is 3. The van der Waals surface area contributed by atoms with E-state index in [0.717, 1.165) is 10.6 Å². The molecule has 0 aliphatic carbocycles. The predicted molar refractivity (Wildman–Crippen MR) is 60.4 cm³/mol. The van der Waals surface area contributed by atoms with Crippen molar-refractivity contribution in [1.82, 2.24) is 14.8 Å². The van der Waals surface area contributed by atoms with Crippen molar-refractivity contribution >= 4 is 23.0 Å². The Morgan fingerprint density at radius 3 is 2.75 bits per heavy atom. The molecule has 16 heavy (non-hydrogen) atoms. The van der Waals surface area contributed by atoms with Crippen molar-refractivity contribution in [3.05, 3.63) is 16.9 Å². The monoisotopic (exact) mass is 238 g/mol. The van der Waals surface area contributed by atoms with Gasteiger partial charge in [0.05, 0.1) is 21.8 Å². The van der Waals surface area contributed by atoms with E-state index in [1.807, 2.05) is 6.92 Å². The van der Waals surface area contributed by atoms with Crippen molar-refractivity contribution in [3.8, 4) is 10.6 Å². The summed E-state index contributed by atoms with van der Waals surface area (Å²) >= 11 is 1.39. The third-order valence-corrected chi connectivity index (χ3v) is 3.18. The van der Waals surface area contributed by atoms with Crippen LogP contribution in [0.1, 0.15) is 16.2 Å². The molecule has 0 unspecified atom stereocenters. The molecule has 0 spiro atoms. The molecule has 2 aromatic rings. The van der Waals surface area contributed by atoms with Gasteiger partial charge in [-0.15, -0.1) is 11.3 Å². The Labute approximate surface area is 95.3 Å². The number of thiazole rings is 1. The van der Waals surface area contributed by atoms with Crippen LogP contribution in [0, 0.1) is 6.92 Å². The van der Waals surface area contributed by atoms with Gasteiger partial charge < -0.3 is 10.8 Å². The molecule has 0 bridgehead atoms. The molecule has 0 radical (unpaired) electrons. The average Bonchev–Trinajstić information content (AvgIpc) is 2.70. The van der Waals surface area contributed by atoms with E-state index in [1.165, 1.54) is 16.0 Å². The highest BCUT2D eigenvalue weighted by Gasteiger charge is 2.22. The summed E-state index contributed by atoms with van der Waals surface area (Å²) in [6, 6.07) is 0. The van der Waals surface area contributed by atoms with Gasteiger partial charge in [0.25, 0.3) is 0 Å². The lowest BCUT2D eigenvalue weighted by molar-refractivity contribution is 0.0686. The van der Waals surface area contributed by atoms with Crippen LogP contribution < -0.4 is 5.73 Å². The smallest absolute Gasteiger partial charge is 0.356 e. The fourth-order valence-electron chi connectivity index (χ4n) is 1.49. The number of aryl methyl sites for hydroxylation is 2. The first-order valence-electron chi connectivity index (χ1n) is 4.48. The SMILES string of the molecule is Cc1ncsc1-c1nn(C)c(C(=O)O)c1N. The van der Waals surface area contributed by atoms with Crippen LogP contribution in [0.25, 0.3) is 10.6 Å². The molecule has 3 N–H and O–H groups in total. The van der Waals surface area contributed by atoms with Crippen molar-refractivity contribution < 1.29 is 9.90 Å². The molecule has 0 fully saturated rings. The number of nitrogens with zero attached hydrogens (tertiary/aromatic N) is 3. The average molecular weight is 238 g/mol. The van der Waals surface area contributed by atoms with Crippen molar-refractivity contribution in [2.45, 2.75) is 6.92 Å². The number of hydrogen-bond acceptors (Lipinski definition) is 5. The number of carbonyl (C=O) groups is 1. The zero-order chi connectivity index (χ0) is 11.9. The molecule has 0 aliphatic rings. The lowest BCUT2D eigenvalue weighted by atomic mass is 10.2. The summed E-state index contributed by atoms with van der Waals surface area (Å²) in [5, 5.41) is 13.1. The minimum absolute atomic E-state index is 0.00259. The Kier molecular flexibility index (Phi) is 2.39. The normalized spacial score (nSPS) is 10.6. The highest BCUT2D eigenvalue weighted by molar-refractivity contribution is 7.13. The van der Waals surface area contributed by atoms with Crippen molar-refractivity contribution in [2.24, 2.45) is 7.05 Å². The number of carboxylic acid groups (broad SMARTS) is 1. The Balaban J connectivity index is 2.65. The van der Waals surface area contributed by atoms with Gasteiger partial charge >= 0.3 is 5.97 Å². The van der Waals surface area contributed by atoms with E-state index in [4.69, 9.17) is 10.8 Å². The van der Waals surface area contributed by atoms with Crippen LogP contribution in [0.2, 0.25) is 0 Å². The first-order chi connectivity index (χ1) is 7.52. The van der Waals surface area contributed by atoms with Gasteiger partial charge in [-0.3, -0.25) is 4.68 Å². The summed E-state index contributed by atoms with van der Waals surface area (Å²) < 4.78 is 1.27. The number of carboxylic acids is 1. The Bertz CT molecular complexity index is 558. The molecule has 2 heterocycles. The van der Waals surface area contributed by atoms with Crippen LogP contribution in [-0.2, 0) is 7.05 Å². The number of anilines is 1. The van der Waals surface area contributed by atoms with Crippen LogP contribution in [-0.4, -0.2) is 25.8 Å². The molecule has 84 valence electrons. The largest absolute Gasteiger partial charge is 0.476 e. The quantitative estimate of drug-likeness (QED) is 0.818. The van der Waals surface area contributed by atoms with E-state index in [1.54, 1.807) is 12.6 Å². The van der Waals surface area contributed by atoms with E-state index < -0.39 is 5.97 Å². The molecular formula is C9H10N4O2S. The molecule has 0 saturated heterocycles. The third-order valence-electron chi connectivity index (χ3n) is 2.25. The van der Waals surface area contributed by atoms with Crippen LogP contribution in [0.3, 0.4) is 0 Å². The van der Waals surface area contributed by atoms with Crippen LogP contribution in [0.5, 0.6) is 0 Å². The van der Waals surface area contributed by atoms with Crippen molar-refractivity contribution in [2.75, 3.05) is 5.73 Å². The minimum atomic E-state index is -1.08. The lowest BCUT2D eigenvalue weighted by Crippen LogP contribution is -2.07. The summed E-state index contributed by atoms with van der Waals surface area (Å²) in [5.74, 6) is -1.08. The molecule has 7 heteroatoms. The Hall–Kier alpha value is -1.89. The van der Waals surface area contributed by atoms with Gasteiger partial charge in [0.2, 0.25) is 0 Å². The zero-order valence-corrected chi connectivity index (χ0v) is 9.58. The summed E-state index contributed by atoms with van der Waals surface area (Å²) in [6.07, 6.45) is 0. The van der Waals surface area contributed by atoms with Crippen molar-refractivity contribution in [1.29, 1.82) is 0 Å². The van der Waals surface area contributed by atoms with Crippen LogP contribution >= 0.6 is 11.3 Å². The van der Waals surface area contributed by atoms with E-state index in [9.17, 15) is 4.79 Å². The fraction of sp³-hybridized carbons (Fsp3) is 0.222. The second kappa shape index (κ2) is 3.60. The highest BCUT2D eigenvalue weighted by atomic mass is 32.1. The summed E-state index contributed by atoms with van der Waals surface area (Å²) in [7, 11) is 1.56. The summed E-state index contributed by atoms with van der Waals surface area (Å²) in [5.41, 5.74) is 8.93. The molecule has 0 atom stereocenters. The Morgan fingerprint density at radius 2 is 2.31 bits per heavy atom. The van der Waals surface area contributed by atoms with Gasteiger partial charge in [-0.05, 0) is 6.92 Å². The lowest BCUT2D eigenvalue weighted by Gasteiger charge is -1.95. The number of aromatic carboxylic acids is 1. The van der Waals surface area contributed by atoms with E-state index >= 15 is 0 Å². The van der Waals surface area contributed by atoms with E-state index in [0.29, 0.717) is 5.69 Å². The number of rotatable bonds is 2. The maximum absolute atomic E-state index is 11.0. The van der Waals surface area contributed by atoms with Gasteiger partial charge in [-0.2, -0.15) is 5.10 Å². The molecule has 0 aliphatic heterocycles. The summed E-state index contributed by atoms with van der Waals surface area (Å²) in [6.45, 7) is 1.83. The number of nitrogens with two attached hydrogens (primary N) is 1. The third kappa shape index (κ3) is 1.45. The summed E-state index contributed by atoms with van der Waals surface area (Å²) in [4.78, 5) is 15.8. The topological polar surface area (TPSA) is 94.0 Å². The highest BCUT2D eigenvalue weighted by Crippen LogP contribution is 2.32. The standard InChI is InChI=1S/C9H10N4O2S/c1-4-8(16-3-11-4)6-5(10)7(9(14)15)13(2)12-6/h3H,10H2,1-2H3,(H,14,15). The van der Waals surface area contributed by atoms with Crippen LogP contribution in [0.4, 0.5) is 5.69 Å². The number of nitrogen functional groups attached to an aromatic ring is 1. The van der Waals surface area contributed by atoms with Gasteiger partial charge in [0.15, 0.2) is 5.69 Å². The first kappa shape index (κ1) is 10.6. The second-order valence-electron chi connectivity index (χ2n) is 3.31. The second-order valence-corrected chi connectivity index (χ2v) is 4.16. The first-order valence-corrected chi connectivity index (χ1v) is 5.36. The molecule has 0 saturated carbocycles. The van der Waals surface area contributed by atoms with Gasteiger partial charge in [0, 0.05) is 7.05 Å². The predicted octanol–water partition coefficient (Wildman–Crippen LogP) is 1.13. The molecule has 0 amide bonds. The molecule has 0 aromatic carbocycles. The Morgan fingerprint density at radius 1 is 1.62 bits per heavy atom.